The Kier molecular flexibility index (Phi) is 6.37. The zero-order chi connectivity index (χ0) is 20.3. The predicted octanol–water partition coefficient (Wildman–Crippen LogP) is 3.43. The third kappa shape index (κ3) is 4.54. The summed E-state index contributed by atoms with van der Waals surface area (Å²) in [5, 5.41) is 0.129. The number of rotatable bonds is 5. The van der Waals surface area contributed by atoms with Crippen LogP contribution in [0.2, 0.25) is 5.02 Å². The van der Waals surface area contributed by atoms with Crippen molar-refractivity contribution in [2.75, 3.05) is 20.1 Å². The average molecular weight is 422 g/mol. The van der Waals surface area contributed by atoms with Crippen molar-refractivity contribution in [3.05, 3.63) is 58.9 Å². The number of aromatic nitrogens is 1. The minimum atomic E-state index is -3.75. The molecule has 1 atom stereocenters. The van der Waals surface area contributed by atoms with Crippen LogP contribution in [0.4, 0.5) is 0 Å². The first-order valence-electron chi connectivity index (χ1n) is 9.23. The number of benzene rings is 1. The molecule has 0 spiro atoms. The van der Waals surface area contributed by atoms with Gasteiger partial charge >= 0.3 is 0 Å². The first-order valence-corrected chi connectivity index (χ1v) is 11.0. The molecule has 1 amide bonds. The molecule has 8 heteroatoms. The van der Waals surface area contributed by atoms with Crippen molar-refractivity contribution >= 4 is 27.5 Å². The number of sulfonamides is 1. The molecular formula is C20H24ClN3O3S. The second kappa shape index (κ2) is 8.59. The Bertz CT molecular complexity index is 950. The summed E-state index contributed by atoms with van der Waals surface area (Å²) in [5.41, 5.74) is 1.18. The SMILES string of the molecule is CC1CCCN(S(=O)(=O)c2cc(C(=O)N(C)Cc3cccnc3)ccc2Cl)C1. The number of pyridine rings is 1. The lowest BCUT2D eigenvalue weighted by molar-refractivity contribution is 0.0784. The summed E-state index contributed by atoms with van der Waals surface area (Å²) >= 11 is 6.21. The molecule has 1 fully saturated rings. The number of halogens is 1. The van der Waals surface area contributed by atoms with Gasteiger partial charge in [0.05, 0.1) is 5.02 Å². The van der Waals surface area contributed by atoms with Gasteiger partial charge in [0, 0.05) is 44.6 Å². The smallest absolute Gasteiger partial charge is 0.253 e. The molecule has 1 saturated heterocycles. The van der Waals surface area contributed by atoms with E-state index in [1.807, 2.05) is 13.0 Å². The predicted molar refractivity (Wildman–Crippen MR) is 109 cm³/mol. The van der Waals surface area contributed by atoms with E-state index in [1.54, 1.807) is 31.6 Å². The Morgan fingerprint density at radius 2 is 2.14 bits per heavy atom. The van der Waals surface area contributed by atoms with Crippen molar-refractivity contribution in [3.8, 4) is 0 Å². The van der Waals surface area contributed by atoms with Gasteiger partial charge in [-0.15, -0.1) is 0 Å². The molecule has 3 rings (SSSR count). The molecule has 1 aromatic heterocycles. The van der Waals surface area contributed by atoms with E-state index < -0.39 is 10.0 Å². The second-order valence-electron chi connectivity index (χ2n) is 7.28. The van der Waals surface area contributed by atoms with Crippen molar-refractivity contribution < 1.29 is 13.2 Å². The zero-order valence-corrected chi connectivity index (χ0v) is 17.6. The van der Waals surface area contributed by atoms with Crippen LogP contribution >= 0.6 is 11.6 Å². The van der Waals surface area contributed by atoms with Crippen LogP contribution in [0, 0.1) is 5.92 Å². The summed E-state index contributed by atoms with van der Waals surface area (Å²) in [6.45, 7) is 3.36. The fraction of sp³-hybridized carbons (Fsp3) is 0.400. The lowest BCUT2D eigenvalue weighted by Crippen LogP contribution is -2.39. The number of hydrogen-bond donors (Lipinski definition) is 0. The van der Waals surface area contributed by atoms with E-state index in [-0.39, 0.29) is 15.8 Å². The van der Waals surface area contributed by atoms with Gasteiger partial charge in [0.25, 0.3) is 5.91 Å². The molecule has 0 bridgehead atoms. The van der Waals surface area contributed by atoms with E-state index in [0.717, 1.165) is 18.4 Å². The summed E-state index contributed by atoms with van der Waals surface area (Å²) in [7, 11) is -2.07. The molecule has 28 heavy (non-hydrogen) atoms. The lowest BCUT2D eigenvalue weighted by Gasteiger charge is -2.30. The summed E-state index contributed by atoms with van der Waals surface area (Å²) in [6, 6.07) is 8.11. The van der Waals surface area contributed by atoms with Gasteiger partial charge in [-0.25, -0.2) is 8.42 Å². The highest BCUT2D eigenvalue weighted by Crippen LogP contribution is 2.29. The molecule has 150 valence electrons. The van der Waals surface area contributed by atoms with Gasteiger partial charge in [-0.1, -0.05) is 24.6 Å². The van der Waals surface area contributed by atoms with Crippen molar-refractivity contribution in [2.24, 2.45) is 5.92 Å². The van der Waals surface area contributed by atoms with E-state index in [1.165, 1.54) is 21.3 Å². The number of amides is 1. The van der Waals surface area contributed by atoms with Gasteiger partial charge in [0.15, 0.2) is 0 Å². The lowest BCUT2D eigenvalue weighted by atomic mass is 10.0. The number of carbonyl (C=O) groups excluding carboxylic acids is 1. The van der Waals surface area contributed by atoms with Crippen LogP contribution in [-0.4, -0.2) is 48.7 Å². The molecular weight excluding hydrogens is 398 g/mol. The Morgan fingerprint density at radius 3 is 2.82 bits per heavy atom. The minimum absolute atomic E-state index is 0.0103. The second-order valence-corrected chi connectivity index (χ2v) is 9.59. The molecule has 6 nitrogen and oxygen atoms in total. The van der Waals surface area contributed by atoms with Crippen molar-refractivity contribution in [2.45, 2.75) is 31.2 Å². The summed E-state index contributed by atoms with van der Waals surface area (Å²) in [4.78, 5) is 18.4. The quantitative estimate of drug-likeness (QED) is 0.741. The van der Waals surface area contributed by atoms with Crippen LogP contribution < -0.4 is 0 Å². The normalized spacial score (nSPS) is 18.0. The highest BCUT2D eigenvalue weighted by atomic mass is 35.5. The summed E-state index contributed by atoms with van der Waals surface area (Å²) in [6.07, 6.45) is 5.20. The van der Waals surface area contributed by atoms with Gasteiger partial charge in [-0.3, -0.25) is 9.78 Å². The Hall–Kier alpha value is -1.96. The molecule has 1 aromatic carbocycles. The Balaban J connectivity index is 1.85. The van der Waals surface area contributed by atoms with E-state index >= 15 is 0 Å². The van der Waals surface area contributed by atoms with Gasteiger partial charge < -0.3 is 4.90 Å². The largest absolute Gasteiger partial charge is 0.337 e. The van der Waals surface area contributed by atoms with Crippen LogP contribution in [0.25, 0.3) is 0 Å². The van der Waals surface area contributed by atoms with Crippen LogP contribution in [0.5, 0.6) is 0 Å². The molecule has 2 aromatic rings. The first-order chi connectivity index (χ1) is 13.3. The molecule has 0 radical (unpaired) electrons. The molecule has 1 aliphatic rings. The van der Waals surface area contributed by atoms with E-state index in [2.05, 4.69) is 4.98 Å². The molecule has 2 heterocycles. The van der Waals surface area contributed by atoms with Gasteiger partial charge in [-0.05, 0) is 48.6 Å². The number of carbonyl (C=O) groups is 1. The van der Waals surface area contributed by atoms with Crippen LogP contribution in [-0.2, 0) is 16.6 Å². The van der Waals surface area contributed by atoms with Crippen molar-refractivity contribution in [1.29, 1.82) is 0 Å². The Morgan fingerprint density at radius 1 is 1.36 bits per heavy atom. The summed E-state index contributed by atoms with van der Waals surface area (Å²) in [5.74, 6) is 0.0294. The minimum Gasteiger partial charge on any atom is -0.337 e. The number of nitrogens with zero attached hydrogens (tertiary/aromatic N) is 3. The first kappa shape index (κ1) is 20.8. The summed E-state index contributed by atoms with van der Waals surface area (Å²) < 4.78 is 27.7. The monoisotopic (exact) mass is 421 g/mol. The Labute approximate surface area is 171 Å². The van der Waals surface area contributed by atoms with E-state index in [9.17, 15) is 13.2 Å². The third-order valence-corrected chi connectivity index (χ3v) is 7.25. The average Bonchev–Trinajstić information content (AvgIpc) is 2.68. The van der Waals surface area contributed by atoms with Crippen molar-refractivity contribution in [3.63, 3.8) is 0 Å². The van der Waals surface area contributed by atoms with Gasteiger partial charge in [-0.2, -0.15) is 4.31 Å². The molecule has 1 unspecified atom stereocenters. The molecule has 0 aliphatic carbocycles. The highest BCUT2D eigenvalue weighted by molar-refractivity contribution is 7.89. The van der Waals surface area contributed by atoms with Gasteiger partial charge in [0.2, 0.25) is 10.0 Å². The molecule has 0 N–H and O–H groups in total. The maximum Gasteiger partial charge on any atom is 0.253 e. The maximum atomic E-state index is 13.1. The van der Waals surface area contributed by atoms with Crippen LogP contribution in [0.1, 0.15) is 35.7 Å². The van der Waals surface area contributed by atoms with Crippen molar-refractivity contribution in [1.82, 2.24) is 14.2 Å². The molecule has 0 saturated carbocycles. The molecule has 1 aliphatic heterocycles. The van der Waals surface area contributed by atoms with Crippen LogP contribution in [0.15, 0.2) is 47.6 Å². The number of piperidine rings is 1. The standard InChI is InChI=1S/C20H24ClN3O3S/c1-15-5-4-10-24(13-15)28(26,27)19-11-17(7-8-18(19)21)20(25)23(2)14-16-6-3-9-22-12-16/h3,6-9,11-12,15H,4-5,10,13-14H2,1-2H3. The van der Waals surface area contributed by atoms with E-state index in [0.29, 0.717) is 31.1 Å². The van der Waals surface area contributed by atoms with E-state index in [4.69, 9.17) is 11.6 Å². The van der Waals surface area contributed by atoms with Crippen LogP contribution in [0.3, 0.4) is 0 Å². The number of hydrogen-bond acceptors (Lipinski definition) is 4. The fourth-order valence-electron chi connectivity index (χ4n) is 3.40. The van der Waals surface area contributed by atoms with Gasteiger partial charge in [0.1, 0.15) is 4.90 Å². The highest BCUT2D eigenvalue weighted by Gasteiger charge is 2.31. The third-order valence-electron chi connectivity index (χ3n) is 4.90. The zero-order valence-electron chi connectivity index (χ0n) is 16.0. The topological polar surface area (TPSA) is 70.6 Å². The maximum absolute atomic E-state index is 13.1. The fourth-order valence-corrected chi connectivity index (χ4v) is 5.49.